The van der Waals surface area contributed by atoms with Crippen molar-refractivity contribution in [3.8, 4) is 5.82 Å². The van der Waals surface area contributed by atoms with Gasteiger partial charge in [0, 0.05) is 12.3 Å². The van der Waals surface area contributed by atoms with E-state index in [9.17, 15) is 14.9 Å². The Morgan fingerprint density at radius 1 is 1.40 bits per heavy atom. The molecule has 0 bridgehead atoms. The summed E-state index contributed by atoms with van der Waals surface area (Å²) in [6.45, 7) is 3.87. The minimum Gasteiger partial charge on any atom is -0.477 e. The average molecular weight is 276 g/mol. The largest absolute Gasteiger partial charge is 0.477 e. The number of carboxylic acid groups (broad SMARTS) is 1. The van der Waals surface area contributed by atoms with Crippen LogP contribution in [0.15, 0.2) is 24.4 Å². The number of pyridine rings is 1. The van der Waals surface area contributed by atoms with Crippen molar-refractivity contribution in [2.75, 3.05) is 0 Å². The van der Waals surface area contributed by atoms with E-state index in [0.29, 0.717) is 0 Å². The smallest absolute Gasteiger partial charge is 0.354 e. The Hall–Kier alpha value is -2.77. The fourth-order valence-corrected chi connectivity index (χ4v) is 1.64. The van der Waals surface area contributed by atoms with Gasteiger partial charge in [0.1, 0.15) is 0 Å². The average Bonchev–Trinajstić information content (AvgIpc) is 2.87. The summed E-state index contributed by atoms with van der Waals surface area (Å²) in [7, 11) is 0. The molecule has 2 rings (SSSR count). The van der Waals surface area contributed by atoms with Crippen LogP contribution in [0, 0.1) is 10.1 Å². The summed E-state index contributed by atoms with van der Waals surface area (Å²) < 4.78 is 1.22. The van der Waals surface area contributed by atoms with Crippen LogP contribution in [0.5, 0.6) is 0 Å². The molecule has 20 heavy (non-hydrogen) atoms. The minimum atomic E-state index is -1.25. The molecule has 0 atom stereocenters. The molecule has 8 heteroatoms. The first kappa shape index (κ1) is 13.7. The zero-order valence-electron chi connectivity index (χ0n) is 10.8. The van der Waals surface area contributed by atoms with Crippen LogP contribution in [0.4, 0.5) is 5.69 Å². The molecule has 0 saturated carbocycles. The number of nitrogens with zero attached hydrogens (tertiary/aromatic N) is 4. The zero-order valence-corrected chi connectivity index (χ0v) is 10.8. The van der Waals surface area contributed by atoms with Crippen molar-refractivity contribution in [1.82, 2.24) is 14.8 Å². The maximum Gasteiger partial charge on any atom is 0.354 e. The highest BCUT2D eigenvalue weighted by molar-refractivity contribution is 5.86. The van der Waals surface area contributed by atoms with E-state index in [0.717, 1.165) is 17.8 Å². The highest BCUT2D eigenvalue weighted by Gasteiger charge is 2.21. The van der Waals surface area contributed by atoms with Crippen LogP contribution in [0.25, 0.3) is 5.82 Å². The van der Waals surface area contributed by atoms with Crippen molar-refractivity contribution in [3.63, 3.8) is 0 Å². The quantitative estimate of drug-likeness (QED) is 0.675. The highest BCUT2D eigenvalue weighted by atomic mass is 16.6. The molecule has 0 aliphatic rings. The third kappa shape index (κ3) is 2.48. The lowest BCUT2D eigenvalue weighted by Crippen LogP contribution is -2.09. The van der Waals surface area contributed by atoms with Crippen molar-refractivity contribution in [1.29, 1.82) is 0 Å². The van der Waals surface area contributed by atoms with Gasteiger partial charge in [-0.05, 0) is 18.1 Å². The fourth-order valence-electron chi connectivity index (χ4n) is 1.64. The fraction of sp³-hybridized carbons (Fsp3) is 0.250. The van der Waals surface area contributed by atoms with E-state index < -0.39 is 10.9 Å². The topological polar surface area (TPSA) is 111 Å². The maximum atomic E-state index is 11.0. The first-order valence-electron chi connectivity index (χ1n) is 5.85. The van der Waals surface area contributed by atoms with Gasteiger partial charge in [0.15, 0.2) is 5.69 Å². The van der Waals surface area contributed by atoms with Gasteiger partial charge in [0.05, 0.1) is 10.6 Å². The molecule has 0 aliphatic heterocycles. The van der Waals surface area contributed by atoms with Gasteiger partial charge in [0.2, 0.25) is 5.82 Å². The van der Waals surface area contributed by atoms with Crippen molar-refractivity contribution < 1.29 is 14.8 Å². The van der Waals surface area contributed by atoms with Gasteiger partial charge in [0.25, 0.3) is 0 Å². The second kappa shape index (κ2) is 5.08. The van der Waals surface area contributed by atoms with Crippen LogP contribution < -0.4 is 0 Å². The highest BCUT2D eigenvalue weighted by Crippen LogP contribution is 2.22. The Kier molecular flexibility index (Phi) is 3.47. The number of hydrogen-bond donors (Lipinski definition) is 1. The van der Waals surface area contributed by atoms with E-state index in [1.165, 1.54) is 10.9 Å². The lowest BCUT2D eigenvalue weighted by Gasteiger charge is -2.04. The van der Waals surface area contributed by atoms with Crippen LogP contribution >= 0.6 is 0 Å². The van der Waals surface area contributed by atoms with Gasteiger partial charge in [-0.2, -0.15) is 5.10 Å². The first-order valence-corrected chi connectivity index (χ1v) is 5.85. The van der Waals surface area contributed by atoms with Crippen LogP contribution in [0.3, 0.4) is 0 Å². The standard InChI is InChI=1S/C12H12N4O4/c1-7(2)8-5-6-15(14-8)11-10(16(19)20)4-3-9(13-11)12(17)18/h3-7H,1-2H3,(H,17,18). The molecule has 0 amide bonds. The van der Waals surface area contributed by atoms with Crippen LogP contribution in [0.2, 0.25) is 0 Å². The summed E-state index contributed by atoms with van der Waals surface area (Å²) in [5, 5.41) is 24.1. The molecule has 2 heterocycles. The number of hydrogen-bond acceptors (Lipinski definition) is 5. The van der Waals surface area contributed by atoms with Crippen molar-refractivity contribution in [2.24, 2.45) is 0 Å². The number of nitro groups is 1. The summed E-state index contributed by atoms with van der Waals surface area (Å²) in [5.41, 5.74) is 0.169. The second-order valence-electron chi connectivity index (χ2n) is 4.44. The SMILES string of the molecule is CC(C)c1ccn(-c2nc(C(=O)O)ccc2[N+](=O)[O-])n1. The summed E-state index contributed by atoms with van der Waals surface area (Å²) in [4.78, 5) is 25.1. The molecular weight excluding hydrogens is 264 g/mol. The summed E-state index contributed by atoms with van der Waals surface area (Å²) in [5.74, 6) is -1.21. The van der Waals surface area contributed by atoms with E-state index >= 15 is 0 Å². The molecule has 2 aromatic rings. The molecule has 0 unspecified atom stereocenters. The molecule has 0 saturated heterocycles. The Labute approximate surface area is 113 Å². The third-order valence-electron chi connectivity index (χ3n) is 2.69. The zero-order chi connectivity index (χ0) is 14.9. The number of aromatic nitrogens is 3. The van der Waals surface area contributed by atoms with Gasteiger partial charge < -0.3 is 5.11 Å². The molecule has 0 fully saturated rings. The monoisotopic (exact) mass is 276 g/mol. The molecule has 1 N–H and O–H groups in total. The van der Waals surface area contributed by atoms with Gasteiger partial charge in [-0.25, -0.2) is 14.5 Å². The molecule has 8 nitrogen and oxygen atoms in total. The third-order valence-corrected chi connectivity index (χ3v) is 2.69. The van der Waals surface area contributed by atoms with Gasteiger partial charge in [-0.3, -0.25) is 10.1 Å². The Morgan fingerprint density at radius 3 is 2.60 bits per heavy atom. The summed E-state index contributed by atoms with van der Waals surface area (Å²) in [6.07, 6.45) is 1.52. The number of carbonyl (C=O) groups is 1. The van der Waals surface area contributed by atoms with Crippen LogP contribution in [-0.4, -0.2) is 30.8 Å². The molecule has 2 aromatic heterocycles. The van der Waals surface area contributed by atoms with Gasteiger partial charge >= 0.3 is 11.7 Å². The maximum absolute atomic E-state index is 11.0. The van der Waals surface area contributed by atoms with E-state index in [2.05, 4.69) is 10.1 Å². The van der Waals surface area contributed by atoms with Crippen molar-refractivity contribution in [3.05, 3.63) is 45.9 Å². The number of aromatic carboxylic acids is 1. The Bertz CT molecular complexity index is 678. The summed E-state index contributed by atoms with van der Waals surface area (Å²) >= 11 is 0. The van der Waals surface area contributed by atoms with E-state index in [4.69, 9.17) is 5.11 Å². The molecule has 0 aliphatic carbocycles. The Morgan fingerprint density at radius 2 is 2.10 bits per heavy atom. The van der Waals surface area contributed by atoms with Crippen LogP contribution in [0.1, 0.15) is 35.9 Å². The predicted octanol–water partition coefficient (Wildman–Crippen LogP) is 2.00. The van der Waals surface area contributed by atoms with Crippen LogP contribution in [-0.2, 0) is 0 Å². The van der Waals surface area contributed by atoms with Crippen molar-refractivity contribution >= 4 is 11.7 Å². The normalized spacial score (nSPS) is 10.8. The van der Waals surface area contributed by atoms with Gasteiger partial charge in [-0.15, -0.1) is 0 Å². The minimum absolute atomic E-state index is 0.109. The molecule has 0 spiro atoms. The lowest BCUT2D eigenvalue weighted by atomic mass is 10.1. The molecule has 0 aromatic carbocycles. The van der Waals surface area contributed by atoms with E-state index in [1.807, 2.05) is 13.8 Å². The predicted molar refractivity (Wildman–Crippen MR) is 69.1 cm³/mol. The molecular formula is C12H12N4O4. The first-order chi connectivity index (χ1) is 9.40. The summed E-state index contributed by atoms with van der Waals surface area (Å²) in [6, 6.07) is 3.92. The Balaban J connectivity index is 2.59. The number of carboxylic acids is 1. The van der Waals surface area contributed by atoms with Gasteiger partial charge in [-0.1, -0.05) is 13.8 Å². The van der Waals surface area contributed by atoms with E-state index in [1.54, 1.807) is 6.07 Å². The van der Waals surface area contributed by atoms with Crippen molar-refractivity contribution in [2.45, 2.75) is 19.8 Å². The second-order valence-corrected chi connectivity index (χ2v) is 4.44. The molecule has 104 valence electrons. The molecule has 0 radical (unpaired) electrons. The lowest BCUT2D eigenvalue weighted by molar-refractivity contribution is -0.384. The number of rotatable bonds is 4. The van der Waals surface area contributed by atoms with E-state index in [-0.39, 0.29) is 23.1 Å².